The Labute approximate surface area is 64.3 Å². The van der Waals surface area contributed by atoms with E-state index in [-0.39, 0.29) is 6.42 Å². The van der Waals surface area contributed by atoms with Gasteiger partial charge in [-0.25, -0.2) is 8.78 Å². The third-order valence-corrected chi connectivity index (χ3v) is 1.76. The van der Waals surface area contributed by atoms with E-state index in [0.29, 0.717) is 12.8 Å². The van der Waals surface area contributed by atoms with Gasteiger partial charge in [-0.3, -0.25) is 0 Å². The number of halogens is 2. The Hall–Kier alpha value is -0.910. The van der Waals surface area contributed by atoms with Crippen LogP contribution in [0.4, 0.5) is 8.78 Å². The molecule has 0 aromatic heterocycles. The summed E-state index contributed by atoms with van der Waals surface area (Å²) >= 11 is 0. The molecular formula is C8H9F2N. The molecule has 2 atom stereocenters. The summed E-state index contributed by atoms with van der Waals surface area (Å²) in [4.78, 5) is 0. The largest absolute Gasteiger partial charge is 0.247 e. The average Bonchev–Trinajstić information content (AvgIpc) is 2.11. The molecule has 1 nitrogen and oxygen atoms in total. The molecule has 0 saturated carbocycles. The summed E-state index contributed by atoms with van der Waals surface area (Å²) in [6.07, 6.45) is 0.690. The number of nitriles is 1. The summed E-state index contributed by atoms with van der Waals surface area (Å²) in [5.74, 6) is -0.919. The summed E-state index contributed by atoms with van der Waals surface area (Å²) < 4.78 is 25.2. The molecule has 0 aromatic rings. The van der Waals surface area contributed by atoms with Crippen LogP contribution in [-0.4, -0.2) is 6.17 Å². The Morgan fingerprint density at radius 1 is 1.55 bits per heavy atom. The maximum atomic E-state index is 12.6. The number of alkyl halides is 1. The van der Waals surface area contributed by atoms with E-state index in [0.717, 1.165) is 0 Å². The van der Waals surface area contributed by atoms with Crippen molar-refractivity contribution >= 4 is 0 Å². The van der Waals surface area contributed by atoms with Gasteiger partial charge in [-0.2, -0.15) is 5.26 Å². The summed E-state index contributed by atoms with van der Waals surface area (Å²) in [6.45, 7) is 0. The number of allylic oxidation sites excluding steroid dienone is 2. The van der Waals surface area contributed by atoms with E-state index in [4.69, 9.17) is 5.26 Å². The van der Waals surface area contributed by atoms with Crippen molar-refractivity contribution in [1.82, 2.24) is 0 Å². The van der Waals surface area contributed by atoms with Crippen molar-refractivity contribution in [3.63, 3.8) is 0 Å². The van der Waals surface area contributed by atoms with Crippen molar-refractivity contribution in [3.8, 4) is 6.07 Å². The first-order valence-corrected chi connectivity index (χ1v) is 3.62. The zero-order valence-corrected chi connectivity index (χ0v) is 6.06. The molecule has 3 heteroatoms. The first kappa shape index (κ1) is 8.19. The molecule has 0 heterocycles. The van der Waals surface area contributed by atoms with Crippen LogP contribution in [0.15, 0.2) is 11.9 Å². The smallest absolute Gasteiger partial charge is 0.106 e. The molecule has 60 valence electrons. The highest BCUT2D eigenvalue weighted by molar-refractivity contribution is 5.07. The Bertz CT molecular complexity index is 205. The SMILES string of the molecule is N#C[C@H]1C=C(F)CC(F)CC1. The van der Waals surface area contributed by atoms with Gasteiger partial charge in [0.05, 0.1) is 12.0 Å². The van der Waals surface area contributed by atoms with Gasteiger partial charge in [0, 0.05) is 6.42 Å². The lowest BCUT2D eigenvalue weighted by Crippen LogP contribution is -1.98. The average molecular weight is 157 g/mol. The molecule has 0 bridgehead atoms. The third-order valence-electron chi connectivity index (χ3n) is 1.76. The molecule has 1 aliphatic carbocycles. The fraction of sp³-hybridized carbons (Fsp3) is 0.625. The van der Waals surface area contributed by atoms with E-state index >= 15 is 0 Å². The van der Waals surface area contributed by atoms with E-state index in [1.54, 1.807) is 0 Å². The second kappa shape index (κ2) is 3.47. The van der Waals surface area contributed by atoms with Gasteiger partial charge in [0.25, 0.3) is 0 Å². The van der Waals surface area contributed by atoms with Crippen molar-refractivity contribution < 1.29 is 8.78 Å². The second-order valence-corrected chi connectivity index (χ2v) is 2.73. The van der Waals surface area contributed by atoms with E-state index in [2.05, 4.69) is 0 Å². The molecule has 0 aromatic carbocycles. The van der Waals surface area contributed by atoms with Crippen LogP contribution in [0.2, 0.25) is 0 Å². The zero-order valence-electron chi connectivity index (χ0n) is 6.06. The lowest BCUT2D eigenvalue weighted by Gasteiger charge is -2.00. The molecule has 1 unspecified atom stereocenters. The van der Waals surface area contributed by atoms with Crippen molar-refractivity contribution in [2.24, 2.45) is 5.92 Å². The van der Waals surface area contributed by atoms with E-state index in [1.807, 2.05) is 6.07 Å². The second-order valence-electron chi connectivity index (χ2n) is 2.73. The lowest BCUT2D eigenvalue weighted by molar-refractivity contribution is 0.295. The quantitative estimate of drug-likeness (QED) is 0.530. The molecule has 0 N–H and O–H groups in total. The minimum Gasteiger partial charge on any atom is -0.247 e. The van der Waals surface area contributed by atoms with Gasteiger partial charge in [0.1, 0.15) is 12.0 Å². The minimum absolute atomic E-state index is 0.155. The number of rotatable bonds is 0. The van der Waals surface area contributed by atoms with Gasteiger partial charge >= 0.3 is 0 Å². The zero-order chi connectivity index (χ0) is 8.27. The fourth-order valence-electron chi connectivity index (χ4n) is 1.15. The molecule has 1 rings (SSSR count). The Balaban J connectivity index is 2.64. The van der Waals surface area contributed by atoms with Crippen molar-refractivity contribution in [1.29, 1.82) is 5.26 Å². The van der Waals surface area contributed by atoms with Crippen LogP contribution in [0, 0.1) is 17.2 Å². The van der Waals surface area contributed by atoms with Crippen molar-refractivity contribution in [2.75, 3.05) is 0 Å². The molecule has 11 heavy (non-hydrogen) atoms. The van der Waals surface area contributed by atoms with Crippen LogP contribution in [0.3, 0.4) is 0 Å². The van der Waals surface area contributed by atoms with Crippen LogP contribution in [0.25, 0.3) is 0 Å². The summed E-state index contributed by atoms with van der Waals surface area (Å²) in [5, 5.41) is 8.44. The first-order valence-electron chi connectivity index (χ1n) is 3.62. The summed E-state index contributed by atoms with van der Waals surface area (Å²) in [6, 6.07) is 1.91. The highest BCUT2D eigenvalue weighted by Crippen LogP contribution is 2.24. The van der Waals surface area contributed by atoms with E-state index < -0.39 is 17.9 Å². The van der Waals surface area contributed by atoms with Crippen molar-refractivity contribution in [2.45, 2.75) is 25.4 Å². The Morgan fingerprint density at radius 2 is 2.27 bits per heavy atom. The van der Waals surface area contributed by atoms with Gasteiger partial charge < -0.3 is 0 Å². The Kier molecular flexibility index (Phi) is 2.58. The van der Waals surface area contributed by atoms with Crippen molar-refractivity contribution in [3.05, 3.63) is 11.9 Å². The monoisotopic (exact) mass is 157 g/mol. The van der Waals surface area contributed by atoms with Crippen LogP contribution in [0.5, 0.6) is 0 Å². The normalized spacial score (nSPS) is 31.9. The van der Waals surface area contributed by atoms with Gasteiger partial charge in [0.15, 0.2) is 0 Å². The van der Waals surface area contributed by atoms with Crippen LogP contribution >= 0.6 is 0 Å². The number of hydrogen-bond donors (Lipinski definition) is 0. The van der Waals surface area contributed by atoms with E-state index in [1.165, 1.54) is 6.08 Å². The van der Waals surface area contributed by atoms with Crippen LogP contribution < -0.4 is 0 Å². The maximum Gasteiger partial charge on any atom is 0.106 e. The molecule has 0 amide bonds. The number of hydrogen-bond acceptors (Lipinski definition) is 1. The van der Waals surface area contributed by atoms with Gasteiger partial charge in [-0.15, -0.1) is 0 Å². The highest BCUT2D eigenvalue weighted by atomic mass is 19.1. The molecule has 1 aliphatic rings. The Morgan fingerprint density at radius 3 is 2.91 bits per heavy atom. The predicted molar refractivity (Wildman–Crippen MR) is 37.0 cm³/mol. The lowest BCUT2D eigenvalue weighted by atomic mass is 10.1. The standard InChI is InChI=1S/C8H9F2N/c9-7-2-1-6(5-11)3-8(10)4-7/h3,6-7H,1-2,4H2/t6-,7?/m1/s1. The fourth-order valence-corrected chi connectivity index (χ4v) is 1.15. The third kappa shape index (κ3) is 2.30. The van der Waals surface area contributed by atoms with Gasteiger partial charge in [-0.05, 0) is 18.9 Å². The molecular weight excluding hydrogens is 148 g/mol. The molecule has 0 fully saturated rings. The topological polar surface area (TPSA) is 23.8 Å². The summed E-state index contributed by atoms with van der Waals surface area (Å²) in [7, 11) is 0. The predicted octanol–water partition coefficient (Wildman–Crippen LogP) is 2.50. The van der Waals surface area contributed by atoms with Gasteiger partial charge in [0.2, 0.25) is 0 Å². The minimum atomic E-state index is -1.11. The first-order chi connectivity index (χ1) is 5.22. The van der Waals surface area contributed by atoms with Crippen LogP contribution in [-0.2, 0) is 0 Å². The molecule has 0 aliphatic heterocycles. The van der Waals surface area contributed by atoms with E-state index in [9.17, 15) is 8.78 Å². The molecule has 0 saturated heterocycles. The highest BCUT2D eigenvalue weighted by Gasteiger charge is 2.18. The van der Waals surface area contributed by atoms with Gasteiger partial charge in [-0.1, -0.05) is 0 Å². The molecule has 0 spiro atoms. The number of nitrogens with zero attached hydrogens (tertiary/aromatic N) is 1. The van der Waals surface area contributed by atoms with Crippen LogP contribution in [0.1, 0.15) is 19.3 Å². The maximum absolute atomic E-state index is 12.6. The summed E-state index contributed by atoms with van der Waals surface area (Å²) in [5.41, 5.74) is 0. The molecule has 0 radical (unpaired) electrons.